The van der Waals surface area contributed by atoms with E-state index in [1.54, 1.807) is 0 Å². The first kappa shape index (κ1) is 9.76. The highest BCUT2D eigenvalue weighted by Crippen LogP contribution is 2.29. The molecule has 1 aromatic heterocycles. The van der Waals surface area contributed by atoms with Crippen LogP contribution >= 0.6 is 0 Å². The molecule has 0 bridgehead atoms. The van der Waals surface area contributed by atoms with E-state index >= 15 is 0 Å². The number of hydrogen-bond donors (Lipinski definition) is 0. The van der Waals surface area contributed by atoms with E-state index in [2.05, 4.69) is 4.98 Å². The second kappa shape index (κ2) is 3.20. The molecule has 1 heterocycles. The van der Waals surface area contributed by atoms with Gasteiger partial charge in [-0.1, -0.05) is 0 Å². The molecule has 0 aliphatic carbocycles. The standard InChI is InChI=1S/C7H7F3N2O/c1-2-12-5(7(8,9)10)3-11-6(12)4-13/h3-4H,2H2,1H3. The van der Waals surface area contributed by atoms with Gasteiger partial charge in [0.2, 0.25) is 0 Å². The zero-order chi connectivity index (χ0) is 10.1. The Morgan fingerprint density at radius 3 is 2.62 bits per heavy atom. The van der Waals surface area contributed by atoms with E-state index < -0.39 is 11.9 Å². The maximum atomic E-state index is 12.2. The van der Waals surface area contributed by atoms with Crippen molar-refractivity contribution in [3.63, 3.8) is 0 Å². The van der Waals surface area contributed by atoms with Gasteiger partial charge in [0, 0.05) is 6.54 Å². The number of carbonyl (C=O) groups is 1. The first-order valence-electron chi connectivity index (χ1n) is 3.58. The van der Waals surface area contributed by atoms with E-state index in [1.165, 1.54) is 6.92 Å². The molecule has 0 N–H and O–H groups in total. The van der Waals surface area contributed by atoms with Crippen molar-refractivity contribution in [2.24, 2.45) is 0 Å². The Hall–Kier alpha value is -1.33. The summed E-state index contributed by atoms with van der Waals surface area (Å²) >= 11 is 0. The number of alkyl halides is 3. The SMILES string of the molecule is CCn1c(C(F)(F)F)cnc1C=O. The molecule has 0 atom stereocenters. The zero-order valence-corrected chi connectivity index (χ0v) is 6.80. The number of imidazole rings is 1. The highest BCUT2D eigenvalue weighted by atomic mass is 19.4. The van der Waals surface area contributed by atoms with Crippen molar-refractivity contribution in [1.29, 1.82) is 0 Å². The van der Waals surface area contributed by atoms with Crippen molar-refractivity contribution in [1.82, 2.24) is 9.55 Å². The summed E-state index contributed by atoms with van der Waals surface area (Å²) in [4.78, 5) is 13.6. The molecular formula is C7H7F3N2O. The second-order valence-corrected chi connectivity index (χ2v) is 2.36. The fourth-order valence-electron chi connectivity index (χ4n) is 1.04. The number of nitrogens with zero attached hydrogens (tertiary/aromatic N) is 2. The van der Waals surface area contributed by atoms with E-state index in [9.17, 15) is 18.0 Å². The topological polar surface area (TPSA) is 34.9 Å². The Morgan fingerprint density at radius 2 is 2.23 bits per heavy atom. The van der Waals surface area contributed by atoms with Crippen LogP contribution in [-0.4, -0.2) is 15.8 Å². The van der Waals surface area contributed by atoms with E-state index in [-0.39, 0.29) is 12.4 Å². The fraction of sp³-hybridized carbons (Fsp3) is 0.429. The molecule has 0 aliphatic heterocycles. The average molecular weight is 192 g/mol. The van der Waals surface area contributed by atoms with Crippen LogP contribution in [-0.2, 0) is 12.7 Å². The molecule has 3 nitrogen and oxygen atoms in total. The number of aromatic nitrogens is 2. The molecule has 0 fully saturated rings. The summed E-state index contributed by atoms with van der Waals surface area (Å²) in [7, 11) is 0. The molecule has 0 radical (unpaired) electrons. The summed E-state index contributed by atoms with van der Waals surface area (Å²) in [6, 6.07) is 0. The van der Waals surface area contributed by atoms with Crippen LogP contribution in [0.4, 0.5) is 13.2 Å². The molecular weight excluding hydrogens is 185 g/mol. The van der Waals surface area contributed by atoms with Crippen molar-refractivity contribution in [2.45, 2.75) is 19.6 Å². The lowest BCUT2D eigenvalue weighted by atomic mass is 10.4. The highest BCUT2D eigenvalue weighted by Gasteiger charge is 2.35. The van der Waals surface area contributed by atoms with Gasteiger partial charge in [0.15, 0.2) is 12.1 Å². The van der Waals surface area contributed by atoms with Crippen molar-refractivity contribution >= 4 is 6.29 Å². The molecule has 0 spiro atoms. The van der Waals surface area contributed by atoms with Gasteiger partial charge in [0.25, 0.3) is 0 Å². The Bertz CT molecular complexity index is 316. The number of rotatable bonds is 2. The summed E-state index contributed by atoms with van der Waals surface area (Å²) in [6.45, 7) is 1.59. The minimum absolute atomic E-state index is 0.0723. The van der Waals surface area contributed by atoms with Crippen LogP contribution in [0.2, 0.25) is 0 Å². The average Bonchev–Trinajstić information content (AvgIpc) is 2.45. The van der Waals surface area contributed by atoms with Gasteiger partial charge < -0.3 is 4.57 Å². The maximum absolute atomic E-state index is 12.2. The van der Waals surface area contributed by atoms with E-state index in [1.807, 2.05) is 0 Å². The molecule has 1 aromatic rings. The Kier molecular flexibility index (Phi) is 2.40. The summed E-state index contributed by atoms with van der Waals surface area (Å²) < 4.78 is 37.5. The van der Waals surface area contributed by atoms with Gasteiger partial charge in [-0.15, -0.1) is 0 Å². The van der Waals surface area contributed by atoms with Crippen LogP contribution in [0, 0.1) is 0 Å². The normalized spacial score (nSPS) is 11.7. The van der Waals surface area contributed by atoms with Crippen LogP contribution in [0.3, 0.4) is 0 Å². The first-order valence-corrected chi connectivity index (χ1v) is 3.58. The number of hydrogen-bond acceptors (Lipinski definition) is 2. The molecule has 6 heteroatoms. The third-order valence-corrected chi connectivity index (χ3v) is 1.60. The van der Waals surface area contributed by atoms with Crippen molar-refractivity contribution < 1.29 is 18.0 Å². The molecule has 0 saturated carbocycles. The van der Waals surface area contributed by atoms with Gasteiger partial charge in [-0.05, 0) is 6.92 Å². The molecule has 0 aliphatic rings. The maximum Gasteiger partial charge on any atom is 0.433 e. The quantitative estimate of drug-likeness (QED) is 0.669. The zero-order valence-electron chi connectivity index (χ0n) is 6.80. The van der Waals surface area contributed by atoms with E-state index in [0.717, 1.165) is 4.57 Å². The predicted molar refractivity (Wildman–Crippen MR) is 38.3 cm³/mol. The van der Waals surface area contributed by atoms with Crippen molar-refractivity contribution in [3.8, 4) is 0 Å². The lowest BCUT2D eigenvalue weighted by Crippen LogP contribution is -2.14. The van der Waals surface area contributed by atoms with Gasteiger partial charge in [-0.3, -0.25) is 4.79 Å². The fourth-order valence-corrected chi connectivity index (χ4v) is 1.04. The van der Waals surface area contributed by atoms with Crippen LogP contribution < -0.4 is 0 Å². The molecule has 13 heavy (non-hydrogen) atoms. The van der Waals surface area contributed by atoms with Gasteiger partial charge in [0.1, 0.15) is 5.69 Å². The van der Waals surface area contributed by atoms with Gasteiger partial charge in [0.05, 0.1) is 6.20 Å². The third-order valence-electron chi connectivity index (χ3n) is 1.60. The molecule has 0 saturated heterocycles. The number of carbonyl (C=O) groups excluding carboxylic acids is 1. The Labute approximate surface area is 72.2 Å². The van der Waals surface area contributed by atoms with Crippen LogP contribution in [0.15, 0.2) is 6.20 Å². The second-order valence-electron chi connectivity index (χ2n) is 2.36. The molecule has 0 unspecified atom stereocenters. The van der Waals surface area contributed by atoms with Crippen LogP contribution in [0.1, 0.15) is 23.2 Å². The van der Waals surface area contributed by atoms with Crippen LogP contribution in [0.25, 0.3) is 0 Å². The molecule has 0 aromatic carbocycles. The van der Waals surface area contributed by atoms with Crippen molar-refractivity contribution in [3.05, 3.63) is 17.7 Å². The van der Waals surface area contributed by atoms with E-state index in [0.29, 0.717) is 12.5 Å². The smallest absolute Gasteiger partial charge is 0.319 e. The Balaban J connectivity index is 3.23. The predicted octanol–water partition coefficient (Wildman–Crippen LogP) is 1.73. The third kappa shape index (κ3) is 1.71. The molecule has 72 valence electrons. The highest BCUT2D eigenvalue weighted by molar-refractivity contribution is 5.69. The summed E-state index contributed by atoms with van der Waals surface area (Å²) in [5, 5.41) is 0. The number of aldehydes is 1. The lowest BCUT2D eigenvalue weighted by Gasteiger charge is -2.08. The van der Waals surface area contributed by atoms with Gasteiger partial charge >= 0.3 is 6.18 Å². The van der Waals surface area contributed by atoms with Crippen LogP contribution in [0.5, 0.6) is 0 Å². The Morgan fingerprint density at radius 1 is 1.62 bits per heavy atom. The molecule has 0 amide bonds. The summed E-state index contributed by atoms with van der Waals surface area (Å²) in [5.74, 6) is -0.199. The summed E-state index contributed by atoms with van der Waals surface area (Å²) in [6.07, 6.45) is -3.49. The minimum Gasteiger partial charge on any atom is -0.319 e. The monoisotopic (exact) mass is 192 g/mol. The first-order chi connectivity index (χ1) is 6.00. The molecule has 1 rings (SSSR count). The number of halogens is 3. The largest absolute Gasteiger partial charge is 0.433 e. The van der Waals surface area contributed by atoms with E-state index in [4.69, 9.17) is 0 Å². The summed E-state index contributed by atoms with van der Waals surface area (Å²) in [5.41, 5.74) is -0.892. The van der Waals surface area contributed by atoms with Gasteiger partial charge in [-0.25, -0.2) is 4.98 Å². The van der Waals surface area contributed by atoms with Crippen molar-refractivity contribution in [2.75, 3.05) is 0 Å². The minimum atomic E-state index is -4.45. The lowest BCUT2D eigenvalue weighted by molar-refractivity contribution is -0.143. The van der Waals surface area contributed by atoms with Gasteiger partial charge in [-0.2, -0.15) is 13.2 Å².